The maximum atomic E-state index is 14.1. The second-order valence-electron chi connectivity index (χ2n) is 12.1. The molecule has 0 amide bonds. The van der Waals surface area contributed by atoms with Gasteiger partial charge in [0, 0.05) is 12.5 Å². The summed E-state index contributed by atoms with van der Waals surface area (Å²) in [6, 6.07) is 5.29. The molecule has 1 aromatic carbocycles. The first-order chi connectivity index (χ1) is 15.6. The van der Waals surface area contributed by atoms with E-state index >= 15 is 0 Å². The molecule has 0 unspecified atom stereocenters. The fourth-order valence-electron chi connectivity index (χ4n) is 4.74. The van der Waals surface area contributed by atoms with Gasteiger partial charge in [0.2, 0.25) is 0 Å². The summed E-state index contributed by atoms with van der Waals surface area (Å²) < 4.78 is 26.4. The van der Waals surface area contributed by atoms with Gasteiger partial charge in [0.25, 0.3) is 0 Å². The zero-order chi connectivity index (χ0) is 25.5. The monoisotopic (exact) mass is 488 g/mol. The Balaban J connectivity index is 2.02. The van der Waals surface area contributed by atoms with Crippen LogP contribution in [0.2, 0.25) is 18.1 Å². The summed E-state index contributed by atoms with van der Waals surface area (Å²) in [6.45, 7) is 17.5. The molecule has 188 valence electrons. The lowest BCUT2D eigenvalue weighted by molar-refractivity contribution is -0.156. The molecule has 4 nitrogen and oxygen atoms in total. The van der Waals surface area contributed by atoms with Gasteiger partial charge in [-0.25, -0.2) is 4.39 Å². The minimum Gasteiger partial charge on any atom is -0.458 e. The molecular weight excluding hydrogens is 447 g/mol. The van der Waals surface area contributed by atoms with E-state index in [1.807, 2.05) is 24.3 Å². The minimum atomic E-state index is -1.97. The molecule has 2 aliphatic rings. The summed E-state index contributed by atoms with van der Waals surface area (Å²) in [5, 5.41) is 10.1. The van der Waals surface area contributed by atoms with Crippen LogP contribution in [0.5, 0.6) is 0 Å². The largest absolute Gasteiger partial charge is 0.458 e. The number of cyclic esters (lactones) is 1. The molecule has 0 radical (unpaired) electrons. The number of allylic oxidation sites excluding steroid dienone is 2. The third kappa shape index (κ3) is 6.07. The smallest absolute Gasteiger partial charge is 0.309 e. The number of aryl methyl sites for hydroxylation is 1. The van der Waals surface area contributed by atoms with Crippen molar-refractivity contribution < 1.29 is 23.5 Å². The number of carbonyl (C=O) groups excluding carboxylic acids is 1. The number of halogens is 1. The Bertz CT molecular complexity index is 987. The van der Waals surface area contributed by atoms with E-state index in [-0.39, 0.29) is 34.8 Å². The first-order valence-electron chi connectivity index (χ1n) is 12.3. The van der Waals surface area contributed by atoms with Crippen molar-refractivity contribution in [2.75, 3.05) is 0 Å². The van der Waals surface area contributed by atoms with Gasteiger partial charge >= 0.3 is 5.97 Å². The zero-order valence-electron chi connectivity index (χ0n) is 22.0. The Morgan fingerprint density at radius 1 is 1.24 bits per heavy atom. The lowest BCUT2D eigenvalue weighted by atomic mass is 9.69. The van der Waals surface area contributed by atoms with Gasteiger partial charge in [-0.15, -0.1) is 0 Å². The molecule has 1 heterocycles. The van der Waals surface area contributed by atoms with Gasteiger partial charge < -0.3 is 14.3 Å². The molecule has 34 heavy (non-hydrogen) atoms. The normalized spacial score (nSPS) is 26.2. The highest BCUT2D eigenvalue weighted by Gasteiger charge is 2.43. The summed E-state index contributed by atoms with van der Waals surface area (Å²) >= 11 is 0. The Morgan fingerprint density at radius 2 is 1.91 bits per heavy atom. The van der Waals surface area contributed by atoms with Crippen LogP contribution in [0.3, 0.4) is 0 Å². The zero-order valence-corrected chi connectivity index (χ0v) is 23.0. The van der Waals surface area contributed by atoms with Crippen LogP contribution in [-0.2, 0) is 14.0 Å². The summed E-state index contributed by atoms with van der Waals surface area (Å²) in [5.41, 5.74) is 3.70. The number of hydrogen-bond donors (Lipinski definition) is 1. The molecule has 1 saturated heterocycles. The first-order valence-corrected chi connectivity index (χ1v) is 15.2. The van der Waals surface area contributed by atoms with Crippen molar-refractivity contribution in [2.24, 2.45) is 5.41 Å². The van der Waals surface area contributed by atoms with Crippen LogP contribution in [0.25, 0.3) is 5.57 Å². The minimum absolute atomic E-state index is 0.0467. The molecule has 1 aliphatic heterocycles. The summed E-state index contributed by atoms with van der Waals surface area (Å²) in [7, 11) is -1.97. The van der Waals surface area contributed by atoms with Gasteiger partial charge in [-0.1, -0.05) is 46.8 Å². The molecule has 1 fully saturated rings. The molecule has 0 spiro atoms. The average Bonchev–Trinajstić information content (AvgIpc) is 2.66. The van der Waals surface area contributed by atoms with E-state index in [9.17, 15) is 14.3 Å². The molecule has 1 N–H and O–H groups in total. The fraction of sp³-hybridized carbons (Fsp3) is 0.607. The predicted molar refractivity (Wildman–Crippen MR) is 137 cm³/mol. The number of aliphatic hydroxyl groups excluding tert-OH is 1. The van der Waals surface area contributed by atoms with Crippen molar-refractivity contribution in [3.8, 4) is 0 Å². The molecular formula is C28H41FO4Si. The van der Waals surface area contributed by atoms with Crippen molar-refractivity contribution in [3.63, 3.8) is 0 Å². The number of aliphatic hydroxyl groups is 1. The highest BCUT2D eigenvalue weighted by Crippen LogP contribution is 2.48. The maximum Gasteiger partial charge on any atom is 0.309 e. The van der Waals surface area contributed by atoms with Crippen LogP contribution in [0.1, 0.15) is 71.4 Å². The number of ether oxygens (including phenoxy) is 1. The summed E-state index contributed by atoms with van der Waals surface area (Å²) in [6.07, 6.45) is 4.95. The van der Waals surface area contributed by atoms with E-state index in [0.717, 1.165) is 29.6 Å². The standard InChI is InChI=1S/C28H41FO4Si/c1-18-13-19(9-12-25(18)29)23-16-22(33-34(7,8)27(2,3)4)17-28(5,6)24(23)11-10-21-14-20(30)15-26(31)32-21/h9-13,20-22,30H,14-17H2,1-8H3/b11-10+/t20-,21-,22-/m1/s1. The SMILES string of the molecule is Cc1cc(C2=C(/C=C/[C@@H]3C[C@@H](O)CC(=O)O3)C(C)(C)C[C@H](O[Si](C)(C)C(C)(C)C)C2)ccc1F. The second kappa shape index (κ2) is 9.71. The van der Waals surface area contributed by atoms with Crippen LogP contribution < -0.4 is 0 Å². The highest BCUT2D eigenvalue weighted by atomic mass is 28.4. The van der Waals surface area contributed by atoms with Gasteiger partial charge in [0.1, 0.15) is 11.9 Å². The van der Waals surface area contributed by atoms with E-state index in [1.165, 1.54) is 6.07 Å². The van der Waals surface area contributed by atoms with Gasteiger partial charge in [0.15, 0.2) is 8.32 Å². The number of hydrogen-bond acceptors (Lipinski definition) is 4. The van der Waals surface area contributed by atoms with Crippen molar-refractivity contribution in [1.29, 1.82) is 0 Å². The predicted octanol–water partition coefficient (Wildman–Crippen LogP) is 6.72. The Kier molecular flexibility index (Phi) is 7.66. The molecule has 0 bridgehead atoms. The van der Waals surface area contributed by atoms with E-state index in [2.05, 4.69) is 47.7 Å². The average molecular weight is 489 g/mol. The second-order valence-corrected chi connectivity index (χ2v) is 16.9. The van der Waals surface area contributed by atoms with Crippen molar-refractivity contribution >= 4 is 19.9 Å². The Hall–Kier alpha value is -1.76. The van der Waals surface area contributed by atoms with Crippen molar-refractivity contribution in [3.05, 3.63) is 52.9 Å². The van der Waals surface area contributed by atoms with Crippen LogP contribution in [0.4, 0.5) is 4.39 Å². The molecule has 1 aliphatic carbocycles. The highest BCUT2D eigenvalue weighted by molar-refractivity contribution is 6.74. The quantitative estimate of drug-likeness (QED) is 0.369. The van der Waals surface area contributed by atoms with E-state index in [0.29, 0.717) is 12.0 Å². The van der Waals surface area contributed by atoms with Crippen LogP contribution in [0, 0.1) is 18.2 Å². The molecule has 1 aromatic rings. The molecule has 0 saturated carbocycles. The number of carbonyl (C=O) groups is 1. The number of esters is 1. The van der Waals surface area contributed by atoms with Gasteiger partial charge in [0.05, 0.1) is 12.5 Å². The topological polar surface area (TPSA) is 55.8 Å². The summed E-state index contributed by atoms with van der Waals surface area (Å²) in [4.78, 5) is 11.8. The van der Waals surface area contributed by atoms with E-state index in [1.54, 1.807) is 6.92 Å². The maximum absolute atomic E-state index is 14.1. The van der Waals surface area contributed by atoms with Crippen molar-refractivity contribution in [2.45, 2.75) is 104 Å². The third-order valence-electron chi connectivity index (χ3n) is 7.66. The molecule has 3 rings (SSSR count). The van der Waals surface area contributed by atoms with Crippen LogP contribution >= 0.6 is 0 Å². The van der Waals surface area contributed by atoms with E-state index in [4.69, 9.17) is 9.16 Å². The van der Waals surface area contributed by atoms with Crippen LogP contribution in [-0.4, -0.2) is 37.7 Å². The van der Waals surface area contributed by atoms with Crippen LogP contribution in [0.15, 0.2) is 35.9 Å². The number of benzene rings is 1. The Labute approximate surface area is 205 Å². The van der Waals surface area contributed by atoms with Gasteiger partial charge in [-0.05, 0) is 83.8 Å². The third-order valence-corrected chi connectivity index (χ3v) is 12.2. The summed E-state index contributed by atoms with van der Waals surface area (Å²) in [5.74, 6) is -0.587. The Morgan fingerprint density at radius 3 is 2.50 bits per heavy atom. The van der Waals surface area contributed by atoms with E-state index < -0.39 is 20.5 Å². The molecule has 3 atom stereocenters. The molecule has 6 heteroatoms. The van der Waals surface area contributed by atoms with Crippen molar-refractivity contribution in [1.82, 2.24) is 0 Å². The molecule has 0 aromatic heterocycles. The lowest BCUT2D eigenvalue weighted by Gasteiger charge is -2.45. The van der Waals surface area contributed by atoms with Gasteiger partial charge in [-0.3, -0.25) is 4.79 Å². The lowest BCUT2D eigenvalue weighted by Crippen LogP contribution is -2.46. The fourth-order valence-corrected chi connectivity index (χ4v) is 6.09. The first kappa shape index (κ1) is 26.8. The number of rotatable bonds is 5. The van der Waals surface area contributed by atoms with Gasteiger partial charge in [-0.2, -0.15) is 0 Å².